The highest BCUT2D eigenvalue weighted by molar-refractivity contribution is 7.89. The highest BCUT2D eigenvalue weighted by Gasteiger charge is 2.14. The summed E-state index contributed by atoms with van der Waals surface area (Å²) in [6, 6.07) is 0. The number of halogens is 1. The first kappa shape index (κ1) is 20.3. The molecule has 0 aliphatic carbocycles. The Kier molecular flexibility index (Phi) is 8.98. The molecule has 1 amide bonds. The monoisotopic (exact) mass is 356 g/mol. The van der Waals surface area contributed by atoms with Gasteiger partial charge in [0.05, 0.1) is 5.75 Å². The average Bonchev–Trinajstić information content (AvgIpc) is 2.91. The summed E-state index contributed by atoms with van der Waals surface area (Å²) in [6.07, 6.45) is 0.551. The molecule has 3 N–H and O–H groups in total. The Morgan fingerprint density at radius 3 is 2.71 bits per heavy atom. The maximum absolute atomic E-state index is 11.7. The molecular weight excluding hydrogens is 336 g/mol. The maximum atomic E-state index is 11.7. The smallest absolute Gasteiger partial charge is 0.270 e. The Balaban J connectivity index is 0.00000400. The molecule has 0 bridgehead atoms. The van der Waals surface area contributed by atoms with E-state index in [0.717, 1.165) is 0 Å². The minimum atomic E-state index is -3.16. The van der Waals surface area contributed by atoms with Crippen LogP contribution in [0.1, 0.15) is 28.8 Å². The summed E-state index contributed by atoms with van der Waals surface area (Å²) < 4.78 is 24.3. The van der Waals surface area contributed by atoms with E-state index in [2.05, 4.69) is 10.3 Å². The Bertz CT molecular complexity index is 547. The highest BCUT2D eigenvalue weighted by atomic mass is 35.5. The number of hydrogen-bond acceptors (Lipinski definition) is 6. The minimum absolute atomic E-state index is 0. The van der Waals surface area contributed by atoms with Crippen LogP contribution in [0.25, 0.3) is 0 Å². The zero-order valence-corrected chi connectivity index (χ0v) is 14.5. The number of thiazole rings is 1. The largest absolute Gasteiger partial charge is 0.351 e. The van der Waals surface area contributed by atoms with Crippen LogP contribution >= 0.6 is 23.7 Å². The molecule has 1 aromatic rings. The van der Waals surface area contributed by atoms with Gasteiger partial charge in [-0.15, -0.1) is 23.7 Å². The summed E-state index contributed by atoms with van der Waals surface area (Å²) >= 11 is 1.34. The molecule has 122 valence electrons. The van der Waals surface area contributed by atoms with Gasteiger partial charge in [0.2, 0.25) is 10.0 Å². The number of sulfonamides is 1. The Labute approximate surface area is 135 Å². The first-order valence-electron chi connectivity index (χ1n) is 6.27. The Hall–Kier alpha value is -0.740. The van der Waals surface area contributed by atoms with Gasteiger partial charge in [0, 0.05) is 32.1 Å². The molecule has 0 spiro atoms. The summed E-state index contributed by atoms with van der Waals surface area (Å²) in [7, 11) is -1.62. The quantitative estimate of drug-likeness (QED) is 0.657. The number of carbonyl (C=O) groups excluding carboxylic acids is 1. The second-order valence-corrected chi connectivity index (χ2v) is 7.47. The van der Waals surface area contributed by atoms with E-state index >= 15 is 0 Å². The second-order valence-electron chi connectivity index (χ2n) is 4.16. The third kappa shape index (κ3) is 6.27. The lowest BCUT2D eigenvalue weighted by molar-refractivity contribution is 0.0948. The van der Waals surface area contributed by atoms with Crippen molar-refractivity contribution >= 4 is 39.7 Å². The van der Waals surface area contributed by atoms with Crippen LogP contribution in [0, 0.1) is 0 Å². The molecular formula is C11H21ClN4O3S2. The van der Waals surface area contributed by atoms with Gasteiger partial charge in [-0.3, -0.25) is 4.79 Å². The number of amides is 1. The van der Waals surface area contributed by atoms with E-state index in [4.69, 9.17) is 5.73 Å². The van der Waals surface area contributed by atoms with E-state index in [-0.39, 0.29) is 24.1 Å². The minimum Gasteiger partial charge on any atom is -0.351 e. The fourth-order valence-electron chi connectivity index (χ4n) is 1.46. The second kappa shape index (κ2) is 9.31. The van der Waals surface area contributed by atoms with Gasteiger partial charge in [-0.2, -0.15) is 0 Å². The van der Waals surface area contributed by atoms with Gasteiger partial charge >= 0.3 is 0 Å². The Morgan fingerprint density at radius 2 is 2.19 bits per heavy atom. The molecule has 0 aliphatic rings. The highest BCUT2D eigenvalue weighted by Crippen LogP contribution is 2.08. The topological polar surface area (TPSA) is 105 Å². The predicted octanol–water partition coefficient (Wildman–Crippen LogP) is 0.425. The zero-order chi connectivity index (χ0) is 15.2. The third-order valence-electron chi connectivity index (χ3n) is 2.73. The van der Waals surface area contributed by atoms with Crippen molar-refractivity contribution in [1.29, 1.82) is 0 Å². The number of nitrogens with one attached hydrogen (secondary N) is 1. The summed E-state index contributed by atoms with van der Waals surface area (Å²) in [5, 5.41) is 5.07. The van der Waals surface area contributed by atoms with Crippen molar-refractivity contribution in [1.82, 2.24) is 14.6 Å². The number of aromatic nitrogens is 1. The first-order valence-corrected chi connectivity index (χ1v) is 8.76. The number of nitrogens with two attached hydrogens (primary N) is 1. The number of rotatable bonds is 8. The van der Waals surface area contributed by atoms with E-state index in [9.17, 15) is 13.2 Å². The van der Waals surface area contributed by atoms with Crippen LogP contribution in [-0.4, -0.2) is 49.5 Å². The SMILES string of the molecule is CCS(=O)(=O)N(C)CCCNC(=O)c1csc(CN)n1.Cl. The molecule has 0 aromatic carbocycles. The molecule has 7 nitrogen and oxygen atoms in total. The predicted molar refractivity (Wildman–Crippen MR) is 86.3 cm³/mol. The van der Waals surface area contributed by atoms with Crippen molar-refractivity contribution in [3.05, 3.63) is 16.1 Å². The number of carbonyl (C=O) groups is 1. The van der Waals surface area contributed by atoms with Crippen molar-refractivity contribution in [3.8, 4) is 0 Å². The maximum Gasteiger partial charge on any atom is 0.270 e. The summed E-state index contributed by atoms with van der Waals surface area (Å²) in [5.41, 5.74) is 5.78. The molecule has 0 atom stereocenters. The van der Waals surface area contributed by atoms with E-state index in [1.807, 2.05) is 0 Å². The van der Waals surface area contributed by atoms with Gasteiger partial charge in [-0.1, -0.05) is 0 Å². The molecule has 1 rings (SSSR count). The van der Waals surface area contributed by atoms with Crippen LogP contribution in [-0.2, 0) is 16.6 Å². The molecule has 0 unspecified atom stereocenters. The average molecular weight is 357 g/mol. The fraction of sp³-hybridized carbons (Fsp3) is 0.636. The fourth-order valence-corrected chi connectivity index (χ4v) is 2.97. The van der Waals surface area contributed by atoms with Gasteiger partial charge in [-0.25, -0.2) is 17.7 Å². The van der Waals surface area contributed by atoms with Gasteiger partial charge in [-0.05, 0) is 13.3 Å². The normalized spacial score (nSPS) is 11.2. The van der Waals surface area contributed by atoms with E-state index < -0.39 is 10.0 Å². The molecule has 0 aliphatic heterocycles. The van der Waals surface area contributed by atoms with Crippen molar-refractivity contribution in [2.24, 2.45) is 5.73 Å². The lowest BCUT2D eigenvalue weighted by Crippen LogP contribution is -2.32. The molecule has 10 heteroatoms. The molecule has 21 heavy (non-hydrogen) atoms. The molecule has 1 heterocycles. The third-order valence-corrected chi connectivity index (χ3v) is 5.47. The van der Waals surface area contributed by atoms with Crippen molar-refractivity contribution in [3.63, 3.8) is 0 Å². The van der Waals surface area contributed by atoms with E-state index in [0.29, 0.717) is 36.8 Å². The molecule has 0 radical (unpaired) electrons. The summed E-state index contributed by atoms with van der Waals surface area (Å²) in [5.74, 6) is -0.182. The van der Waals surface area contributed by atoms with Crippen LogP contribution in [0.3, 0.4) is 0 Å². The van der Waals surface area contributed by atoms with Crippen molar-refractivity contribution < 1.29 is 13.2 Å². The molecule has 0 saturated carbocycles. The zero-order valence-electron chi connectivity index (χ0n) is 12.0. The van der Waals surface area contributed by atoms with Gasteiger partial charge < -0.3 is 11.1 Å². The van der Waals surface area contributed by atoms with Crippen molar-refractivity contribution in [2.45, 2.75) is 19.9 Å². The summed E-state index contributed by atoms with van der Waals surface area (Å²) in [4.78, 5) is 15.8. The van der Waals surface area contributed by atoms with Gasteiger partial charge in [0.25, 0.3) is 5.91 Å². The summed E-state index contributed by atoms with van der Waals surface area (Å²) in [6.45, 7) is 2.70. The molecule has 0 saturated heterocycles. The lowest BCUT2D eigenvalue weighted by atomic mass is 10.4. The molecule has 1 aromatic heterocycles. The number of nitrogens with zero attached hydrogens (tertiary/aromatic N) is 2. The van der Waals surface area contributed by atoms with Crippen LogP contribution in [0.2, 0.25) is 0 Å². The standard InChI is InChI=1S/C11H20N4O3S2.ClH/c1-3-20(17,18)15(2)6-4-5-13-11(16)9-8-19-10(7-12)14-9;/h8H,3-7,12H2,1-2H3,(H,13,16);1H. The van der Waals surface area contributed by atoms with Crippen LogP contribution < -0.4 is 11.1 Å². The van der Waals surface area contributed by atoms with Crippen LogP contribution in [0.4, 0.5) is 0 Å². The van der Waals surface area contributed by atoms with E-state index in [1.165, 1.54) is 22.7 Å². The Morgan fingerprint density at radius 1 is 1.52 bits per heavy atom. The van der Waals surface area contributed by atoms with Gasteiger partial charge in [0.1, 0.15) is 10.7 Å². The van der Waals surface area contributed by atoms with Crippen LogP contribution in [0.15, 0.2) is 5.38 Å². The van der Waals surface area contributed by atoms with E-state index in [1.54, 1.807) is 12.3 Å². The van der Waals surface area contributed by atoms with Crippen LogP contribution in [0.5, 0.6) is 0 Å². The van der Waals surface area contributed by atoms with Gasteiger partial charge in [0.15, 0.2) is 0 Å². The lowest BCUT2D eigenvalue weighted by Gasteiger charge is -2.15. The molecule has 0 fully saturated rings. The van der Waals surface area contributed by atoms with Crippen molar-refractivity contribution in [2.75, 3.05) is 25.9 Å². The number of hydrogen-bond donors (Lipinski definition) is 2. The first-order chi connectivity index (χ1) is 9.40.